The highest BCUT2D eigenvalue weighted by molar-refractivity contribution is 6.04. The second-order valence-electron chi connectivity index (χ2n) is 4.28. The summed E-state index contributed by atoms with van der Waals surface area (Å²) in [5, 5.41) is 22.1. The molecule has 0 saturated heterocycles. The number of aromatic nitrogens is 1. The van der Waals surface area contributed by atoms with Crippen LogP contribution in [0.15, 0.2) is 36.5 Å². The molecule has 1 aromatic heterocycles. The number of nitrogens with zero attached hydrogens (tertiary/aromatic N) is 3. The summed E-state index contributed by atoms with van der Waals surface area (Å²) in [7, 11) is 0. The van der Waals surface area contributed by atoms with E-state index < -0.39 is 10.8 Å². The van der Waals surface area contributed by atoms with Gasteiger partial charge in [0, 0.05) is 12.3 Å². The van der Waals surface area contributed by atoms with Crippen molar-refractivity contribution in [1.82, 2.24) is 4.98 Å². The SMILES string of the molecule is Cc1ccc([N+](=O)[O-])c(NC(=O)c2ccc(C#N)cn2)c1. The van der Waals surface area contributed by atoms with E-state index in [1.54, 1.807) is 13.0 Å². The standard InChI is InChI=1S/C14H10N4O3/c1-9-2-5-13(18(20)21)12(6-9)17-14(19)11-4-3-10(7-15)8-16-11/h2-6,8H,1H3,(H,17,19). The molecule has 1 heterocycles. The molecule has 7 nitrogen and oxygen atoms in total. The Morgan fingerprint density at radius 2 is 2.14 bits per heavy atom. The van der Waals surface area contributed by atoms with Gasteiger partial charge in [0.25, 0.3) is 11.6 Å². The second kappa shape index (κ2) is 5.79. The number of amides is 1. The van der Waals surface area contributed by atoms with Gasteiger partial charge >= 0.3 is 0 Å². The first-order chi connectivity index (χ1) is 10.0. The number of aryl methyl sites for hydroxylation is 1. The van der Waals surface area contributed by atoms with E-state index in [0.29, 0.717) is 5.56 Å². The van der Waals surface area contributed by atoms with Gasteiger partial charge in [-0.15, -0.1) is 0 Å². The number of nitriles is 1. The van der Waals surface area contributed by atoms with Crippen molar-refractivity contribution in [3.05, 3.63) is 63.5 Å². The lowest BCUT2D eigenvalue weighted by atomic mass is 10.2. The third-order valence-corrected chi connectivity index (χ3v) is 2.72. The molecule has 0 unspecified atom stereocenters. The average molecular weight is 282 g/mol. The molecule has 0 bridgehead atoms. The predicted molar refractivity (Wildman–Crippen MR) is 74.7 cm³/mol. The predicted octanol–water partition coefficient (Wildman–Crippen LogP) is 2.42. The van der Waals surface area contributed by atoms with E-state index in [4.69, 9.17) is 5.26 Å². The van der Waals surface area contributed by atoms with E-state index in [-0.39, 0.29) is 17.1 Å². The summed E-state index contributed by atoms with van der Waals surface area (Å²) in [6.07, 6.45) is 1.26. The fourth-order valence-corrected chi connectivity index (χ4v) is 1.69. The van der Waals surface area contributed by atoms with Crippen LogP contribution in [0.3, 0.4) is 0 Å². The number of benzene rings is 1. The molecule has 0 fully saturated rings. The van der Waals surface area contributed by atoms with Crippen molar-refractivity contribution >= 4 is 17.3 Å². The molecule has 21 heavy (non-hydrogen) atoms. The Bertz CT molecular complexity index is 748. The molecule has 0 aliphatic carbocycles. The van der Waals surface area contributed by atoms with Gasteiger partial charge in [0.1, 0.15) is 17.5 Å². The van der Waals surface area contributed by atoms with Crippen molar-refractivity contribution in [2.45, 2.75) is 6.92 Å². The largest absolute Gasteiger partial charge is 0.315 e. The highest BCUT2D eigenvalue weighted by Crippen LogP contribution is 2.25. The summed E-state index contributed by atoms with van der Waals surface area (Å²) in [5.41, 5.74) is 1.10. The molecule has 1 aromatic carbocycles. The third-order valence-electron chi connectivity index (χ3n) is 2.72. The number of anilines is 1. The Morgan fingerprint density at radius 1 is 1.38 bits per heavy atom. The number of pyridine rings is 1. The molecule has 7 heteroatoms. The summed E-state index contributed by atoms with van der Waals surface area (Å²) in [4.78, 5) is 26.2. The maximum atomic E-state index is 12.0. The zero-order valence-corrected chi connectivity index (χ0v) is 11.0. The van der Waals surface area contributed by atoms with Crippen molar-refractivity contribution in [1.29, 1.82) is 5.26 Å². The van der Waals surface area contributed by atoms with Crippen molar-refractivity contribution in [3.63, 3.8) is 0 Å². The molecule has 2 aromatic rings. The number of carbonyl (C=O) groups excluding carboxylic acids is 1. The van der Waals surface area contributed by atoms with Crippen LogP contribution in [-0.2, 0) is 0 Å². The van der Waals surface area contributed by atoms with Gasteiger partial charge in [-0.2, -0.15) is 5.26 Å². The van der Waals surface area contributed by atoms with Crippen LogP contribution in [0, 0.1) is 28.4 Å². The van der Waals surface area contributed by atoms with E-state index in [1.165, 1.54) is 30.5 Å². The molecule has 0 aliphatic heterocycles. The number of nitrogens with one attached hydrogen (secondary N) is 1. The highest BCUT2D eigenvalue weighted by Gasteiger charge is 2.17. The van der Waals surface area contributed by atoms with Crippen LogP contribution in [-0.4, -0.2) is 15.8 Å². The first-order valence-electron chi connectivity index (χ1n) is 5.94. The van der Waals surface area contributed by atoms with Crippen LogP contribution in [0.25, 0.3) is 0 Å². The van der Waals surface area contributed by atoms with Crippen LogP contribution in [0.4, 0.5) is 11.4 Å². The zero-order valence-electron chi connectivity index (χ0n) is 11.0. The first kappa shape index (κ1) is 14.1. The van der Waals surface area contributed by atoms with E-state index >= 15 is 0 Å². The Kier molecular flexibility index (Phi) is 3.90. The van der Waals surface area contributed by atoms with Crippen LogP contribution in [0.2, 0.25) is 0 Å². The highest BCUT2D eigenvalue weighted by atomic mass is 16.6. The molecule has 1 amide bonds. The lowest BCUT2D eigenvalue weighted by Gasteiger charge is -2.06. The fourth-order valence-electron chi connectivity index (χ4n) is 1.69. The minimum absolute atomic E-state index is 0.0739. The monoisotopic (exact) mass is 282 g/mol. The van der Waals surface area contributed by atoms with E-state index in [0.717, 1.165) is 5.56 Å². The molecule has 0 atom stereocenters. The zero-order chi connectivity index (χ0) is 15.4. The minimum Gasteiger partial charge on any atom is -0.315 e. The number of nitro groups is 1. The lowest BCUT2D eigenvalue weighted by Crippen LogP contribution is -2.14. The summed E-state index contributed by atoms with van der Waals surface area (Å²) in [6, 6.07) is 9.16. The Hall–Kier alpha value is -3.27. The quantitative estimate of drug-likeness (QED) is 0.686. The lowest BCUT2D eigenvalue weighted by molar-refractivity contribution is -0.383. The van der Waals surface area contributed by atoms with E-state index in [1.807, 2.05) is 6.07 Å². The van der Waals surface area contributed by atoms with E-state index in [2.05, 4.69) is 10.3 Å². The Morgan fingerprint density at radius 3 is 2.71 bits per heavy atom. The molecular formula is C14H10N4O3. The van der Waals surface area contributed by atoms with Gasteiger partial charge in [-0.05, 0) is 30.7 Å². The normalized spacial score (nSPS) is 9.71. The maximum Gasteiger partial charge on any atom is 0.292 e. The van der Waals surface area contributed by atoms with Crippen LogP contribution < -0.4 is 5.32 Å². The molecule has 0 aliphatic rings. The van der Waals surface area contributed by atoms with Gasteiger partial charge in [-0.1, -0.05) is 6.07 Å². The van der Waals surface area contributed by atoms with Gasteiger partial charge in [0.15, 0.2) is 0 Å². The van der Waals surface area contributed by atoms with Crippen molar-refractivity contribution in [3.8, 4) is 6.07 Å². The number of hydrogen-bond acceptors (Lipinski definition) is 5. The molecule has 104 valence electrons. The van der Waals surface area contributed by atoms with Gasteiger partial charge < -0.3 is 5.32 Å². The third kappa shape index (κ3) is 3.19. The molecule has 0 saturated carbocycles. The summed E-state index contributed by atoms with van der Waals surface area (Å²) in [5.74, 6) is -0.576. The smallest absolute Gasteiger partial charge is 0.292 e. The van der Waals surface area contributed by atoms with Crippen molar-refractivity contribution in [2.75, 3.05) is 5.32 Å². The maximum absolute atomic E-state index is 12.0. The second-order valence-corrected chi connectivity index (χ2v) is 4.28. The Labute approximate surface area is 120 Å². The van der Waals surface area contributed by atoms with Gasteiger partial charge in [0.2, 0.25) is 0 Å². The fraction of sp³-hybridized carbons (Fsp3) is 0.0714. The van der Waals surface area contributed by atoms with Gasteiger partial charge in [-0.25, -0.2) is 4.98 Å². The van der Waals surface area contributed by atoms with Crippen molar-refractivity contribution < 1.29 is 9.72 Å². The van der Waals surface area contributed by atoms with Crippen LogP contribution in [0.1, 0.15) is 21.6 Å². The number of hydrogen-bond donors (Lipinski definition) is 1. The number of rotatable bonds is 3. The number of carbonyl (C=O) groups is 1. The summed E-state index contributed by atoms with van der Waals surface area (Å²) in [6.45, 7) is 1.76. The minimum atomic E-state index is -0.576. The van der Waals surface area contributed by atoms with Crippen LogP contribution in [0.5, 0.6) is 0 Å². The molecule has 2 rings (SSSR count). The topological polar surface area (TPSA) is 109 Å². The molecular weight excluding hydrogens is 272 g/mol. The average Bonchev–Trinajstić information content (AvgIpc) is 2.47. The number of nitro benzene ring substituents is 1. The summed E-state index contributed by atoms with van der Waals surface area (Å²) < 4.78 is 0. The summed E-state index contributed by atoms with van der Waals surface area (Å²) >= 11 is 0. The Balaban J connectivity index is 2.28. The molecule has 1 N–H and O–H groups in total. The van der Waals surface area contributed by atoms with Crippen molar-refractivity contribution in [2.24, 2.45) is 0 Å². The van der Waals surface area contributed by atoms with E-state index in [9.17, 15) is 14.9 Å². The molecule has 0 radical (unpaired) electrons. The molecule has 0 spiro atoms. The van der Waals surface area contributed by atoms with Crippen LogP contribution >= 0.6 is 0 Å². The van der Waals surface area contributed by atoms with Gasteiger partial charge in [0.05, 0.1) is 10.5 Å². The van der Waals surface area contributed by atoms with Gasteiger partial charge in [-0.3, -0.25) is 14.9 Å². The first-order valence-corrected chi connectivity index (χ1v) is 5.94.